The van der Waals surface area contributed by atoms with E-state index < -0.39 is 0 Å². The summed E-state index contributed by atoms with van der Waals surface area (Å²) in [5.74, 6) is 1.19. The standard InChI is InChI=1S/C24H22N4O3/c1-16-3-2-10-28-20(14-27-24(16)28)19(18-4-5-21-22(11-18)31-15-30-21)12-23(29)26-13-17-6-8-25-9-7-17/h2-11,14,19H,12-13,15H2,1H3,(H,26,29). The minimum absolute atomic E-state index is 0.0397. The average Bonchev–Trinajstić information content (AvgIpc) is 3.44. The van der Waals surface area contributed by atoms with Crippen LogP contribution in [0, 0.1) is 6.92 Å². The van der Waals surface area contributed by atoms with Gasteiger partial charge in [0.2, 0.25) is 12.7 Å². The van der Waals surface area contributed by atoms with Crippen LogP contribution in [0.3, 0.4) is 0 Å². The number of rotatable bonds is 6. The topological polar surface area (TPSA) is 77.8 Å². The molecule has 156 valence electrons. The number of hydrogen-bond donors (Lipinski definition) is 1. The Morgan fingerprint density at radius 1 is 1.16 bits per heavy atom. The largest absolute Gasteiger partial charge is 0.454 e. The zero-order valence-electron chi connectivity index (χ0n) is 17.1. The molecule has 1 aromatic carbocycles. The fraction of sp³-hybridized carbons (Fsp3) is 0.208. The van der Waals surface area contributed by atoms with E-state index in [9.17, 15) is 4.79 Å². The van der Waals surface area contributed by atoms with Crippen LogP contribution in [0.5, 0.6) is 11.5 Å². The molecule has 1 amide bonds. The van der Waals surface area contributed by atoms with E-state index in [-0.39, 0.29) is 25.0 Å². The molecule has 7 heteroatoms. The Hall–Kier alpha value is -3.87. The van der Waals surface area contributed by atoms with Crippen molar-refractivity contribution in [3.8, 4) is 11.5 Å². The van der Waals surface area contributed by atoms with Crippen molar-refractivity contribution in [2.24, 2.45) is 0 Å². The lowest BCUT2D eigenvalue weighted by atomic mass is 9.92. The van der Waals surface area contributed by atoms with Gasteiger partial charge in [-0.2, -0.15) is 0 Å². The molecule has 5 rings (SSSR count). The molecule has 1 aliphatic heterocycles. The molecule has 1 atom stereocenters. The van der Waals surface area contributed by atoms with Crippen LogP contribution in [-0.2, 0) is 11.3 Å². The number of amides is 1. The molecule has 0 radical (unpaired) electrons. The van der Waals surface area contributed by atoms with Crippen LogP contribution in [-0.4, -0.2) is 27.1 Å². The van der Waals surface area contributed by atoms with Crippen LogP contribution in [0.4, 0.5) is 0 Å². The Kier molecular flexibility index (Phi) is 5.00. The summed E-state index contributed by atoms with van der Waals surface area (Å²) >= 11 is 0. The van der Waals surface area contributed by atoms with Gasteiger partial charge in [0.05, 0.1) is 5.69 Å². The van der Waals surface area contributed by atoms with Gasteiger partial charge in [0, 0.05) is 43.7 Å². The molecule has 4 heterocycles. The Labute approximate surface area is 179 Å². The lowest BCUT2D eigenvalue weighted by molar-refractivity contribution is -0.121. The van der Waals surface area contributed by atoms with E-state index in [0.717, 1.165) is 33.8 Å². The van der Waals surface area contributed by atoms with Crippen molar-refractivity contribution in [1.82, 2.24) is 19.7 Å². The highest BCUT2D eigenvalue weighted by Gasteiger charge is 2.24. The number of fused-ring (bicyclic) bond motifs is 2. The first-order chi connectivity index (χ1) is 15.2. The highest BCUT2D eigenvalue weighted by molar-refractivity contribution is 5.77. The molecule has 4 aromatic rings. The van der Waals surface area contributed by atoms with Crippen molar-refractivity contribution < 1.29 is 14.3 Å². The summed E-state index contributed by atoms with van der Waals surface area (Å²) in [4.78, 5) is 21.5. The maximum absolute atomic E-state index is 12.9. The number of aryl methyl sites for hydroxylation is 1. The molecule has 0 bridgehead atoms. The molecule has 0 saturated heterocycles. The quantitative estimate of drug-likeness (QED) is 0.522. The third-order valence-corrected chi connectivity index (χ3v) is 5.54. The van der Waals surface area contributed by atoms with Gasteiger partial charge in [-0.15, -0.1) is 0 Å². The summed E-state index contributed by atoms with van der Waals surface area (Å²) in [6.07, 6.45) is 7.56. The second kappa shape index (κ2) is 8.10. The molecule has 1 unspecified atom stereocenters. The van der Waals surface area contributed by atoms with E-state index >= 15 is 0 Å². The van der Waals surface area contributed by atoms with Crippen molar-refractivity contribution in [3.05, 3.63) is 89.6 Å². The first-order valence-electron chi connectivity index (χ1n) is 10.2. The average molecular weight is 414 g/mol. The van der Waals surface area contributed by atoms with Crippen LogP contribution in [0.1, 0.15) is 34.7 Å². The summed E-state index contributed by atoms with van der Waals surface area (Å²) in [6, 6.07) is 13.7. The molecule has 0 spiro atoms. The van der Waals surface area contributed by atoms with Gasteiger partial charge < -0.3 is 19.2 Å². The van der Waals surface area contributed by atoms with Gasteiger partial charge in [-0.25, -0.2) is 4.98 Å². The van der Waals surface area contributed by atoms with Crippen molar-refractivity contribution in [3.63, 3.8) is 0 Å². The second-order valence-electron chi connectivity index (χ2n) is 7.57. The summed E-state index contributed by atoms with van der Waals surface area (Å²) < 4.78 is 13.1. The molecular weight excluding hydrogens is 392 g/mol. The summed E-state index contributed by atoms with van der Waals surface area (Å²) in [5, 5.41) is 3.02. The van der Waals surface area contributed by atoms with E-state index in [0.29, 0.717) is 12.3 Å². The van der Waals surface area contributed by atoms with Crippen molar-refractivity contribution >= 4 is 11.6 Å². The highest BCUT2D eigenvalue weighted by atomic mass is 16.7. The van der Waals surface area contributed by atoms with E-state index in [1.165, 1.54) is 0 Å². The lowest BCUT2D eigenvalue weighted by Crippen LogP contribution is -2.25. The number of benzene rings is 1. The van der Waals surface area contributed by atoms with E-state index in [4.69, 9.17) is 9.47 Å². The zero-order valence-corrected chi connectivity index (χ0v) is 17.1. The molecule has 7 nitrogen and oxygen atoms in total. The minimum Gasteiger partial charge on any atom is -0.454 e. The van der Waals surface area contributed by atoms with Crippen LogP contribution in [0.25, 0.3) is 5.65 Å². The lowest BCUT2D eigenvalue weighted by Gasteiger charge is -2.18. The molecule has 3 aromatic heterocycles. The number of ether oxygens (including phenoxy) is 2. The number of nitrogens with one attached hydrogen (secondary N) is 1. The Morgan fingerprint density at radius 2 is 2.00 bits per heavy atom. The molecule has 0 saturated carbocycles. The van der Waals surface area contributed by atoms with Crippen LogP contribution in [0.2, 0.25) is 0 Å². The van der Waals surface area contributed by atoms with E-state index in [1.807, 2.05) is 61.8 Å². The maximum atomic E-state index is 12.9. The van der Waals surface area contributed by atoms with E-state index in [2.05, 4.69) is 19.7 Å². The number of imidazole rings is 1. The van der Waals surface area contributed by atoms with Gasteiger partial charge in [0.25, 0.3) is 0 Å². The van der Waals surface area contributed by atoms with Gasteiger partial charge in [0.15, 0.2) is 11.5 Å². The Morgan fingerprint density at radius 3 is 2.87 bits per heavy atom. The van der Waals surface area contributed by atoms with Gasteiger partial charge >= 0.3 is 0 Å². The molecule has 0 fully saturated rings. The van der Waals surface area contributed by atoms with Crippen LogP contribution in [0.15, 0.2) is 67.3 Å². The number of nitrogens with zero attached hydrogens (tertiary/aromatic N) is 3. The Balaban J connectivity index is 1.47. The number of pyridine rings is 2. The predicted octanol–water partition coefficient (Wildman–Crippen LogP) is 3.60. The first-order valence-corrected chi connectivity index (χ1v) is 10.2. The van der Waals surface area contributed by atoms with Crippen LogP contribution < -0.4 is 14.8 Å². The Bertz CT molecular complexity index is 1240. The summed E-state index contributed by atoms with van der Waals surface area (Å²) in [7, 11) is 0. The summed E-state index contributed by atoms with van der Waals surface area (Å²) in [5.41, 5.74) is 4.91. The molecule has 31 heavy (non-hydrogen) atoms. The predicted molar refractivity (Wildman–Crippen MR) is 115 cm³/mol. The highest BCUT2D eigenvalue weighted by Crippen LogP contribution is 2.37. The molecule has 1 N–H and O–H groups in total. The maximum Gasteiger partial charge on any atom is 0.231 e. The number of carbonyl (C=O) groups excluding carboxylic acids is 1. The summed E-state index contributed by atoms with van der Waals surface area (Å²) in [6.45, 7) is 2.70. The normalized spacial score (nSPS) is 13.3. The third kappa shape index (κ3) is 3.82. The first kappa shape index (κ1) is 19.1. The van der Waals surface area contributed by atoms with Gasteiger partial charge in [0.1, 0.15) is 5.65 Å². The van der Waals surface area contributed by atoms with Gasteiger partial charge in [-0.1, -0.05) is 12.1 Å². The van der Waals surface area contributed by atoms with Crippen LogP contribution >= 0.6 is 0 Å². The SMILES string of the molecule is Cc1cccn2c(C(CC(=O)NCc3ccncc3)c3ccc4c(c3)OCO4)cnc12. The van der Waals surface area contributed by atoms with Crippen molar-refractivity contribution in [2.45, 2.75) is 25.8 Å². The fourth-order valence-electron chi connectivity index (χ4n) is 3.91. The monoisotopic (exact) mass is 414 g/mol. The number of hydrogen-bond acceptors (Lipinski definition) is 5. The number of aromatic nitrogens is 3. The minimum atomic E-state index is -0.191. The smallest absolute Gasteiger partial charge is 0.231 e. The molecular formula is C24H22N4O3. The van der Waals surface area contributed by atoms with Gasteiger partial charge in [-0.3, -0.25) is 9.78 Å². The second-order valence-corrected chi connectivity index (χ2v) is 7.57. The fourth-order valence-corrected chi connectivity index (χ4v) is 3.91. The van der Waals surface area contributed by atoms with E-state index in [1.54, 1.807) is 12.4 Å². The molecule has 0 aliphatic carbocycles. The van der Waals surface area contributed by atoms with Crippen molar-refractivity contribution in [1.29, 1.82) is 0 Å². The zero-order chi connectivity index (χ0) is 21.2. The van der Waals surface area contributed by atoms with Gasteiger partial charge in [-0.05, 0) is 53.9 Å². The third-order valence-electron chi connectivity index (χ3n) is 5.54. The van der Waals surface area contributed by atoms with Crippen molar-refractivity contribution in [2.75, 3.05) is 6.79 Å². The molecule has 1 aliphatic rings. The number of carbonyl (C=O) groups is 1.